The Hall–Kier alpha value is -0.900. The minimum absolute atomic E-state index is 0.380. The highest BCUT2D eigenvalue weighted by atomic mass is 32.2. The van der Waals surface area contributed by atoms with Crippen molar-refractivity contribution >= 4 is 9.84 Å². The Labute approximate surface area is 77.7 Å². The van der Waals surface area contributed by atoms with Crippen LogP contribution in [0.4, 0.5) is 0 Å². The summed E-state index contributed by atoms with van der Waals surface area (Å²) in [6, 6.07) is 3.30. The number of hydrogen-bond acceptors (Lipinski definition) is 3. The van der Waals surface area contributed by atoms with Crippen molar-refractivity contribution in [3.8, 4) is 0 Å². The van der Waals surface area contributed by atoms with Gasteiger partial charge < -0.3 is 0 Å². The van der Waals surface area contributed by atoms with Crippen LogP contribution < -0.4 is 0 Å². The monoisotopic (exact) mass is 197 g/mol. The second kappa shape index (κ2) is 2.80. The molecule has 0 bridgehead atoms. The largest absolute Gasteiger partial charge is 0.260 e. The predicted molar refractivity (Wildman–Crippen MR) is 49.3 cm³/mol. The van der Waals surface area contributed by atoms with Crippen molar-refractivity contribution in [1.82, 2.24) is 4.98 Å². The first-order chi connectivity index (χ1) is 6.09. The summed E-state index contributed by atoms with van der Waals surface area (Å²) in [5.74, 6) is 0.380. The summed E-state index contributed by atoms with van der Waals surface area (Å²) in [6.45, 7) is 0. The standard InChI is InChI=1S/C9H11NO2S/c1-13(11,12)8-3-2-6-10-9(8)7-4-5-7/h2-3,6-7H,4-5H2,1H3. The van der Waals surface area contributed by atoms with Crippen LogP contribution in [0, 0.1) is 0 Å². The van der Waals surface area contributed by atoms with Crippen LogP contribution in [0.1, 0.15) is 24.5 Å². The third-order valence-corrected chi connectivity index (χ3v) is 3.31. The first-order valence-electron chi connectivity index (χ1n) is 4.24. The van der Waals surface area contributed by atoms with Crippen molar-refractivity contribution in [2.24, 2.45) is 0 Å². The highest BCUT2D eigenvalue weighted by Gasteiger charge is 2.29. The molecule has 0 unspecified atom stereocenters. The minimum atomic E-state index is -3.10. The van der Waals surface area contributed by atoms with Crippen LogP contribution >= 0.6 is 0 Å². The van der Waals surface area contributed by atoms with Crippen LogP contribution in [-0.2, 0) is 9.84 Å². The average Bonchev–Trinajstić information content (AvgIpc) is 2.85. The molecule has 0 amide bonds. The van der Waals surface area contributed by atoms with Crippen LogP contribution in [0.5, 0.6) is 0 Å². The molecule has 0 N–H and O–H groups in total. The molecule has 13 heavy (non-hydrogen) atoms. The fourth-order valence-electron chi connectivity index (χ4n) is 1.38. The van der Waals surface area contributed by atoms with Gasteiger partial charge in [-0.2, -0.15) is 0 Å². The van der Waals surface area contributed by atoms with E-state index < -0.39 is 9.84 Å². The maximum atomic E-state index is 11.3. The first-order valence-corrected chi connectivity index (χ1v) is 6.13. The summed E-state index contributed by atoms with van der Waals surface area (Å²) >= 11 is 0. The highest BCUT2D eigenvalue weighted by molar-refractivity contribution is 7.90. The van der Waals surface area contributed by atoms with Gasteiger partial charge in [0.2, 0.25) is 0 Å². The number of sulfone groups is 1. The highest BCUT2D eigenvalue weighted by Crippen LogP contribution is 2.41. The van der Waals surface area contributed by atoms with E-state index in [1.54, 1.807) is 18.3 Å². The zero-order valence-electron chi connectivity index (χ0n) is 7.40. The van der Waals surface area contributed by atoms with E-state index in [2.05, 4.69) is 4.98 Å². The van der Waals surface area contributed by atoms with Gasteiger partial charge in [0.25, 0.3) is 0 Å². The molecule has 1 aliphatic rings. The molecule has 1 aliphatic carbocycles. The predicted octanol–water partition coefficient (Wildman–Crippen LogP) is 1.36. The minimum Gasteiger partial charge on any atom is -0.260 e. The Balaban J connectivity index is 2.55. The molecular weight excluding hydrogens is 186 g/mol. The Morgan fingerprint density at radius 3 is 2.69 bits per heavy atom. The first kappa shape index (κ1) is 8.69. The van der Waals surface area contributed by atoms with Gasteiger partial charge in [-0.25, -0.2) is 8.42 Å². The Morgan fingerprint density at radius 2 is 2.15 bits per heavy atom. The van der Waals surface area contributed by atoms with E-state index in [0.717, 1.165) is 18.5 Å². The van der Waals surface area contributed by atoms with Gasteiger partial charge in [-0.3, -0.25) is 4.98 Å². The third-order valence-electron chi connectivity index (χ3n) is 2.16. The molecule has 1 fully saturated rings. The molecule has 0 radical (unpaired) electrons. The van der Waals surface area contributed by atoms with E-state index >= 15 is 0 Å². The molecule has 0 aliphatic heterocycles. The topological polar surface area (TPSA) is 47.0 Å². The van der Waals surface area contributed by atoms with Gasteiger partial charge in [0.05, 0.1) is 10.6 Å². The normalized spacial score (nSPS) is 17.3. The Bertz CT molecular complexity index is 421. The van der Waals surface area contributed by atoms with Crippen molar-refractivity contribution in [2.75, 3.05) is 6.26 Å². The van der Waals surface area contributed by atoms with Gasteiger partial charge in [-0.05, 0) is 25.0 Å². The van der Waals surface area contributed by atoms with E-state index in [1.165, 1.54) is 6.26 Å². The molecular formula is C9H11NO2S. The van der Waals surface area contributed by atoms with Gasteiger partial charge in [0, 0.05) is 18.4 Å². The van der Waals surface area contributed by atoms with E-state index in [-0.39, 0.29) is 0 Å². The molecule has 2 rings (SSSR count). The molecule has 0 spiro atoms. The van der Waals surface area contributed by atoms with Crippen LogP contribution in [0.15, 0.2) is 23.2 Å². The lowest BCUT2D eigenvalue weighted by molar-refractivity contribution is 0.600. The summed E-state index contributed by atoms with van der Waals surface area (Å²) < 4.78 is 22.7. The van der Waals surface area contributed by atoms with Crippen molar-refractivity contribution in [3.63, 3.8) is 0 Å². The van der Waals surface area contributed by atoms with Gasteiger partial charge in [0.15, 0.2) is 9.84 Å². The van der Waals surface area contributed by atoms with E-state index in [1.807, 2.05) is 0 Å². The van der Waals surface area contributed by atoms with E-state index in [9.17, 15) is 8.42 Å². The summed E-state index contributed by atoms with van der Waals surface area (Å²) in [6.07, 6.45) is 5.03. The smallest absolute Gasteiger partial charge is 0.177 e. The van der Waals surface area contributed by atoms with Crippen molar-refractivity contribution in [1.29, 1.82) is 0 Å². The zero-order chi connectivity index (χ0) is 9.47. The summed E-state index contributed by atoms with van der Waals surface area (Å²) in [5, 5.41) is 0. The van der Waals surface area contributed by atoms with Gasteiger partial charge in [-0.15, -0.1) is 0 Å². The van der Waals surface area contributed by atoms with E-state index in [4.69, 9.17) is 0 Å². The maximum Gasteiger partial charge on any atom is 0.177 e. The number of hydrogen-bond donors (Lipinski definition) is 0. The van der Waals surface area contributed by atoms with Gasteiger partial charge >= 0.3 is 0 Å². The lowest BCUT2D eigenvalue weighted by Gasteiger charge is -2.03. The Morgan fingerprint density at radius 1 is 1.46 bits per heavy atom. The van der Waals surface area contributed by atoms with Crippen molar-refractivity contribution in [3.05, 3.63) is 24.0 Å². The molecule has 3 nitrogen and oxygen atoms in total. The van der Waals surface area contributed by atoms with Crippen molar-refractivity contribution in [2.45, 2.75) is 23.7 Å². The third kappa shape index (κ3) is 1.72. The average molecular weight is 197 g/mol. The summed E-state index contributed by atoms with van der Waals surface area (Å²) in [4.78, 5) is 4.53. The molecule has 1 aromatic rings. The molecule has 4 heteroatoms. The van der Waals surface area contributed by atoms with Gasteiger partial charge in [-0.1, -0.05) is 0 Å². The number of nitrogens with zero attached hydrogens (tertiary/aromatic N) is 1. The number of pyridine rings is 1. The number of rotatable bonds is 2. The SMILES string of the molecule is CS(=O)(=O)c1cccnc1C1CC1. The molecule has 0 atom stereocenters. The molecule has 0 aromatic carbocycles. The van der Waals surface area contributed by atoms with Crippen LogP contribution in [-0.4, -0.2) is 19.7 Å². The zero-order valence-corrected chi connectivity index (χ0v) is 8.21. The molecule has 1 saturated carbocycles. The van der Waals surface area contributed by atoms with Crippen molar-refractivity contribution < 1.29 is 8.42 Å². The van der Waals surface area contributed by atoms with Crippen LogP contribution in [0.25, 0.3) is 0 Å². The maximum absolute atomic E-state index is 11.3. The fourth-order valence-corrected chi connectivity index (χ4v) is 2.30. The Kier molecular flexibility index (Phi) is 1.87. The van der Waals surface area contributed by atoms with Gasteiger partial charge in [0.1, 0.15) is 0 Å². The fraction of sp³-hybridized carbons (Fsp3) is 0.444. The quantitative estimate of drug-likeness (QED) is 0.719. The number of aromatic nitrogens is 1. The molecule has 0 saturated heterocycles. The summed E-state index contributed by atoms with van der Waals surface area (Å²) in [7, 11) is -3.10. The second-order valence-electron chi connectivity index (χ2n) is 3.43. The van der Waals surface area contributed by atoms with E-state index in [0.29, 0.717) is 10.8 Å². The second-order valence-corrected chi connectivity index (χ2v) is 5.42. The molecule has 1 heterocycles. The molecule has 70 valence electrons. The lowest BCUT2D eigenvalue weighted by atomic mass is 10.2. The lowest BCUT2D eigenvalue weighted by Crippen LogP contribution is -2.03. The summed E-state index contributed by atoms with van der Waals surface area (Å²) in [5.41, 5.74) is 0.755. The van der Waals surface area contributed by atoms with Crippen LogP contribution in [0.2, 0.25) is 0 Å². The van der Waals surface area contributed by atoms with Crippen LogP contribution in [0.3, 0.4) is 0 Å². The molecule has 1 aromatic heterocycles.